The molecule has 4 aromatic rings. The van der Waals surface area contributed by atoms with Crippen LogP contribution in [0.2, 0.25) is 5.02 Å². The van der Waals surface area contributed by atoms with E-state index in [9.17, 15) is 22.8 Å². The number of nitrogens with two attached hydrogens (primary N) is 1. The van der Waals surface area contributed by atoms with Gasteiger partial charge in [-0.05, 0) is 50.3 Å². The van der Waals surface area contributed by atoms with Crippen LogP contribution in [-0.2, 0) is 0 Å². The van der Waals surface area contributed by atoms with Crippen LogP contribution in [0.3, 0.4) is 0 Å². The highest BCUT2D eigenvalue weighted by Crippen LogP contribution is 2.52. The average molecular weight is 705 g/mol. The van der Waals surface area contributed by atoms with Crippen molar-refractivity contribution in [2.45, 2.75) is 75.2 Å². The molecule has 0 radical (unpaired) electrons. The molecule has 15 heteroatoms. The zero-order chi connectivity index (χ0) is 33.5. The predicted octanol–water partition coefficient (Wildman–Crippen LogP) is 7.63. The molecule has 3 fully saturated rings. The minimum Gasteiger partial charge on any atom is -0.491 e. The molecule has 2 aromatic carbocycles. The van der Waals surface area contributed by atoms with Gasteiger partial charge in [0.25, 0.3) is 6.43 Å². The first-order valence-electron chi connectivity index (χ1n) is 16.0. The lowest BCUT2D eigenvalue weighted by Gasteiger charge is -2.44. The van der Waals surface area contributed by atoms with Gasteiger partial charge in [0.05, 0.1) is 38.9 Å². The first-order chi connectivity index (χ1) is 23.1. The zero-order valence-electron chi connectivity index (χ0n) is 25.5. The molecule has 3 saturated heterocycles. The standard InChI is InChI=1S/C33H30ClF5N6O2S/c34-24-22(17-5-6-19(36)28-21(17)18(12-40)30(41)48-28)25(37)26-23-27(24)46-10-7-16-3-1-4-20(29(38)39)45(16)31(23)43-32(42-26)47-14-33-8-2-9-44(33)13-15(35)11-33/h5-6,15-16,20,29H,1-4,7-11,13-14,41H2/t15-,16?,20?,33?/m1/s1. The summed E-state index contributed by atoms with van der Waals surface area (Å²) in [6.45, 7) is 1.13. The Kier molecular flexibility index (Phi) is 7.72. The van der Waals surface area contributed by atoms with Crippen molar-refractivity contribution in [1.82, 2.24) is 14.9 Å². The van der Waals surface area contributed by atoms with Crippen LogP contribution in [-0.4, -0.2) is 71.4 Å². The van der Waals surface area contributed by atoms with E-state index in [0.717, 1.165) is 30.4 Å². The number of ether oxygens (including phenoxy) is 2. The number of benzene rings is 2. The number of hydrogen-bond donors (Lipinski definition) is 1. The van der Waals surface area contributed by atoms with Gasteiger partial charge in [-0.25, -0.2) is 22.0 Å². The Morgan fingerprint density at radius 1 is 1.19 bits per heavy atom. The lowest BCUT2D eigenvalue weighted by atomic mass is 9.92. The Labute approximate surface area is 281 Å². The molecule has 48 heavy (non-hydrogen) atoms. The molecule has 0 bridgehead atoms. The van der Waals surface area contributed by atoms with Gasteiger partial charge in [-0.1, -0.05) is 17.7 Å². The molecule has 2 N–H and O–H groups in total. The summed E-state index contributed by atoms with van der Waals surface area (Å²) in [6, 6.07) is 2.59. The van der Waals surface area contributed by atoms with Crippen molar-refractivity contribution in [3.8, 4) is 29.0 Å². The molecule has 8 nitrogen and oxygen atoms in total. The summed E-state index contributed by atoms with van der Waals surface area (Å²) >= 11 is 7.83. The lowest BCUT2D eigenvalue weighted by molar-refractivity contribution is 0.0889. The van der Waals surface area contributed by atoms with Gasteiger partial charge in [0.1, 0.15) is 41.0 Å². The summed E-state index contributed by atoms with van der Waals surface area (Å²) in [4.78, 5) is 12.7. The third-order valence-corrected chi connectivity index (χ3v) is 11.8. The van der Waals surface area contributed by atoms with Crippen LogP contribution in [0.15, 0.2) is 12.1 Å². The summed E-state index contributed by atoms with van der Waals surface area (Å²) in [6.07, 6.45) is -0.172. The Balaban J connectivity index is 1.38. The smallest absolute Gasteiger partial charge is 0.319 e. The first kappa shape index (κ1) is 31.6. The molecule has 6 heterocycles. The van der Waals surface area contributed by atoms with Gasteiger partial charge in [0, 0.05) is 36.4 Å². The quantitative estimate of drug-likeness (QED) is 0.212. The Morgan fingerprint density at radius 3 is 2.81 bits per heavy atom. The van der Waals surface area contributed by atoms with Crippen molar-refractivity contribution in [2.75, 3.05) is 36.9 Å². The molecule has 0 aliphatic carbocycles. The lowest BCUT2D eigenvalue weighted by Crippen LogP contribution is -2.51. The topological polar surface area (TPSA) is 101 Å². The minimum absolute atomic E-state index is 0.0138. The second-order valence-corrected chi connectivity index (χ2v) is 14.5. The van der Waals surface area contributed by atoms with Crippen molar-refractivity contribution in [3.63, 3.8) is 0 Å². The molecule has 4 atom stereocenters. The number of piperidine rings is 1. The third-order valence-electron chi connectivity index (χ3n) is 10.4. The van der Waals surface area contributed by atoms with E-state index in [1.54, 1.807) is 4.90 Å². The van der Waals surface area contributed by atoms with Crippen LogP contribution in [0.25, 0.3) is 32.1 Å². The number of rotatable bonds is 5. The zero-order valence-corrected chi connectivity index (χ0v) is 27.1. The van der Waals surface area contributed by atoms with Gasteiger partial charge >= 0.3 is 6.01 Å². The molecular formula is C33H30ClF5N6O2S. The maximum absolute atomic E-state index is 17.2. The van der Waals surface area contributed by atoms with Crippen molar-refractivity contribution in [2.24, 2.45) is 0 Å². The molecule has 4 aliphatic heterocycles. The number of halogens is 6. The van der Waals surface area contributed by atoms with Crippen LogP contribution < -0.4 is 20.1 Å². The second-order valence-electron chi connectivity index (χ2n) is 13.0. The van der Waals surface area contributed by atoms with Crippen LogP contribution in [0.1, 0.15) is 50.5 Å². The van der Waals surface area contributed by atoms with Gasteiger partial charge in [0.15, 0.2) is 11.6 Å². The van der Waals surface area contributed by atoms with Gasteiger partial charge in [-0.3, -0.25) is 4.90 Å². The third kappa shape index (κ3) is 4.75. The number of anilines is 2. The number of nitrogens with zero attached hydrogens (tertiary/aromatic N) is 5. The van der Waals surface area contributed by atoms with Gasteiger partial charge in [-0.2, -0.15) is 15.2 Å². The largest absolute Gasteiger partial charge is 0.491 e. The normalized spacial score (nSPS) is 25.5. The van der Waals surface area contributed by atoms with E-state index < -0.39 is 35.8 Å². The van der Waals surface area contributed by atoms with Crippen LogP contribution in [0.5, 0.6) is 11.8 Å². The van der Waals surface area contributed by atoms with E-state index >= 15 is 4.39 Å². The van der Waals surface area contributed by atoms with E-state index in [0.29, 0.717) is 32.2 Å². The van der Waals surface area contributed by atoms with E-state index in [-0.39, 0.29) is 97.4 Å². The number of aromatic nitrogens is 2. The molecular weight excluding hydrogens is 675 g/mol. The van der Waals surface area contributed by atoms with Crippen LogP contribution in [0, 0.1) is 23.0 Å². The fourth-order valence-corrected chi connectivity index (χ4v) is 9.57. The van der Waals surface area contributed by atoms with E-state index in [1.165, 1.54) is 6.07 Å². The summed E-state index contributed by atoms with van der Waals surface area (Å²) in [5.41, 5.74) is 5.04. The molecule has 252 valence electrons. The van der Waals surface area contributed by atoms with E-state index in [4.69, 9.17) is 26.8 Å². The maximum Gasteiger partial charge on any atom is 0.319 e. The van der Waals surface area contributed by atoms with Crippen molar-refractivity contribution in [1.29, 1.82) is 5.26 Å². The number of alkyl halides is 3. The molecule has 3 unspecified atom stereocenters. The number of thiophene rings is 1. The molecule has 0 saturated carbocycles. The predicted molar refractivity (Wildman–Crippen MR) is 173 cm³/mol. The number of hydrogen-bond acceptors (Lipinski definition) is 9. The Morgan fingerprint density at radius 2 is 2.02 bits per heavy atom. The number of fused-ring (bicyclic) bond motifs is 4. The monoisotopic (exact) mass is 704 g/mol. The fraction of sp³-hybridized carbons (Fsp3) is 0.485. The maximum atomic E-state index is 17.2. The molecule has 0 spiro atoms. The van der Waals surface area contributed by atoms with E-state index in [1.807, 2.05) is 6.07 Å². The van der Waals surface area contributed by atoms with Gasteiger partial charge < -0.3 is 20.1 Å². The second kappa shape index (κ2) is 11.7. The van der Waals surface area contributed by atoms with Crippen molar-refractivity contribution in [3.05, 3.63) is 34.4 Å². The summed E-state index contributed by atoms with van der Waals surface area (Å²) in [5.74, 6) is -1.60. The number of nitrogen functional groups attached to an aromatic ring is 1. The number of nitriles is 1. The Hall–Kier alpha value is -3.67. The van der Waals surface area contributed by atoms with Crippen molar-refractivity contribution >= 4 is 54.7 Å². The summed E-state index contributed by atoms with van der Waals surface area (Å²) < 4.78 is 88.4. The molecule has 0 amide bonds. The average Bonchev–Trinajstić information content (AvgIpc) is 3.70. The Bertz CT molecular complexity index is 2010. The van der Waals surface area contributed by atoms with Gasteiger partial charge in [-0.15, -0.1) is 11.3 Å². The first-order valence-corrected chi connectivity index (χ1v) is 17.2. The van der Waals surface area contributed by atoms with E-state index in [2.05, 4.69) is 14.9 Å². The van der Waals surface area contributed by atoms with Crippen molar-refractivity contribution < 1.29 is 31.4 Å². The highest BCUT2D eigenvalue weighted by Gasteiger charge is 2.49. The SMILES string of the molecule is N#Cc1c(N)sc2c(F)ccc(-c3c(Cl)c4c5c(nc(OCC67CCCN6C[C@H](F)C7)nc5c3F)N3C(CCCC3C(F)F)CCO4)c12. The highest BCUT2D eigenvalue weighted by molar-refractivity contribution is 7.23. The van der Waals surface area contributed by atoms with Crippen LogP contribution in [0.4, 0.5) is 32.8 Å². The highest BCUT2D eigenvalue weighted by atomic mass is 35.5. The minimum atomic E-state index is -2.72. The molecule has 2 aromatic heterocycles. The van der Waals surface area contributed by atoms with Crippen LogP contribution >= 0.6 is 22.9 Å². The van der Waals surface area contributed by atoms with Gasteiger partial charge in [0.2, 0.25) is 0 Å². The summed E-state index contributed by atoms with van der Waals surface area (Å²) in [7, 11) is 0. The fourth-order valence-electron chi connectivity index (χ4n) is 8.28. The molecule has 8 rings (SSSR count). The summed E-state index contributed by atoms with van der Waals surface area (Å²) in [5, 5.41) is 9.86. The molecule has 4 aliphatic rings.